The molecule has 0 saturated carbocycles. The second-order valence-corrected chi connectivity index (χ2v) is 18.5. The van der Waals surface area contributed by atoms with Crippen molar-refractivity contribution in [3.05, 3.63) is 86.5 Å². The van der Waals surface area contributed by atoms with Gasteiger partial charge in [-0.25, -0.2) is 0 Å². The number of nitrogens with zero attached hydrogens (tertiary/aromatic N) is 2. The van der Waals surface area contributed by atoms with Crippen LogP contribution in [0.5, 0.6) is 0 Å². The summed E-state index contributed by atoms with van der Waals surface area (Å²) < 4.78 is 0. The maximum Gasteiger partial charge on any atom is 0.303 e. The van der Waals surface area contributed by atoms with Crippen LogP contribution in [0.4, 0.5) is 0 Å². The predicted octanol–water partition coefficient (Wildman–Crippen LogP) is 19.0. The van der Waals surface area contributed by atoms with Gasteiger partial charge in [0, 0.05) is 0 Å². The van der Waals surface area contributed by atoms with Crippen LogP contribution in [-0.4, -0.2) is 10.7 Å². The minimum Gasteiger partial charge on any atom is -0.348 e. The molecule has 0 atom stereocenters. The van der Waals surface area contributed by atoms with Gasteiger partial charge in [0.2, 0.25) is 0 Å². The molecule has 0 saturated heterocycles. The van der Waals surface area contributed by atoms with Gasteiger partial charge in [0.25, 0.3) is 0 Å². The third-order valence-electron chi connectivity index (χ3n) is 12.7. The third-order valence-corrected chi connectivity index (χ3v) is 12.7. The highest BCUT2D eigenvalue weighted by Crippen LogP contribution is 2.37. The van der Waals surface area contributed by atoms with E-state index < -0.39 is 0 Å². The normalized spacial score (nSPS) is 11.8. The van der Waals surface area contributed by atoms with E-state index in [9.17, 15) is 5.53 Å². The Hall–Kier alpha value is -2.66. The molecule has 0 aromatic heterocycles. The monoisotopic (exact) mass is 807 g/mol. The van der Waals surface area contributed by atoms with Crippen LogP contribution >= 0.6 is 0 Å². The molecule has 2 aromatic rings. The molecule has 0 bridgehead atoms. The Labute approximate surface area is 367 Å². The molecule has 0 fully saturated rings. The van der Waals surface area contributed by atoms with Crippen LogP contribution in [0.15, 0.2) is 47.5 Å². The Bertz CT molecular complexity index is 1410. The molecule has 0 N–H and O–H groups in total. The van der Waals surface area contributed by atoms with E-state index in [1.54, 1.807) is 0 Å². The lowest BCUT2D eigenvalue weighted by Gasteiger charge is -2.20. The van der Waals surface area contributed by atoms with Gasteiger partial charge in [-0.05, 0) is 98.6 Å². The van der Waals surface area contributed by atoms with Crippen molar-refractivity contribution in [2.24, 2.45) is 0 Å². The van der Waals surface area contributed by atoms with Crippen LogP contribution in [0.3, 0.4) is 0 Å². The highest BCUT2D eigenvalue weighted by molar-refractivity contribution is 5.87. The fraction of sp³-hybridized carbons (Fsp3) is 0.719. The molecule has 0 aliphatic rings. The smallest absolute Gasteiger partial charge is 0.303 e. The lowest BCUT2D eigenvalue weighted by molar-refractivity contribution is 0.00739. The van der Waals surface area contributed by atoms with Crippen LogP contribution in [0.1, 0.15) is 273 Å². The van der Waals surface area contributed by atoms with Crippen molar-refractivity contribution in [1.29, 1.82) is 0 Å². The zero-order valence-corrected chi connectivity index (χ0v) is 40.1. The van der Waals surface area contributed by atoms with Crippen molar-refractivity contribution >= 4 is 11.4 Å². The van der Waals surface area contributed by atoms with Gasteiger partial charge in [0.1, 0.15) is 0 Å². The molecule has 59 heavy (non-hydrogen) atoms. The summed E-state index contributed by atoms with van der Waals surface area (Å²) in [5, 5.41) is 0. The van der Waals surface area contributed by atoms with Crippen molar-refractivity contribution < 1.29 is 4.79 Å². The summed E-state index contributed by atoms with van der Waals surface area (Å²) in [6.45, 7) is 13.7. The summed E-state index contributed by atoms with van der Waals surface area (Å²) in [7, 11) is 0. The summed E-state index contributed by atoms with van der Waals surface area (Å²) >= 11 is 0. The second kappa shape index (κ2) is 36.0. The van der Waals surface area contributed by atoms with Gasteiger partial charge in [0.05, 0.1) is 5.57 Å². The van der Waals surface area contributed by atoms with Gasteiger partial charge in [-0.1, -0.05) is 249 Å². The number of hydrogen-bond donors (Lipinski definition) is 0. The Morgan fingerprint density at radius 1 is 0.407 bits per heavy atom. The predicted molar refractivity (Wildman–Crippen MR) is 263 cm³/mol. The number of unbranched alkanes of at least 4 members (excludes halogenated alkanes) is 27. The molecule has 0 heterocycles. The topological polar surface area (TPSA) is 36.4 Å². The Morgan fingerprint density at radius 2 is 0.763 bits per heavy atom. The Kier molecular flexibility index (Phi) is 32.1. The molecule has 0 radical (unpaired) electrons. The van der Waals surface area contributed by atoms with Crippen LogP contribution in [-0.2, 0) is 12.8 Å². The number of allylic oxidation sites excluding steroid dienone is 2. The number of benzene rings is 2. The molecule has 2 heteroatoms. The molecule has 2 rings (SSSR count). The fourth-order valence-electron chi connectivity index (χ4n) is 9.19. The summed E-state index contributed by atoms with van der Waals surface area (Å²) in [5.74, 6) is 3.17. The van der Waals surface area contributed by atoms with Crippen molar-refractivity contribution in [1.82, 2.24) is 0 Å². The zero-order valence-electron chi connectivity index (χ0n) is 40.1. The van der Waals surface area contributed by atoms with E-state index in [2.05, 4.69) is 88.6 Å². The van der Waals surface area contributed by atoms with E-state index in [4.69, 9.17) is 0 Å². The minimum absolute atomic E-state index is 0.914. The van der Waals surface area contributed by atoms with Crippen molar-refractivity contribution in [2.45, 2.75) is 266 Å². The van der Waals surface area contributed by atoms with E-state index in [0.717, 1.165) is 50.5 Å². The van der Waals surface area contributed by atoms with E-state index in [1.165, 1.54) is 224 Å². The lowest BCUT2D eigenvalue weighted by atomic mass is 9.83. The average Bonchev–Trinajstić information content (AvgIpc) is 3.22. The van der Waals surface area contributed by atoms with E-state index in [-0.39, 0.29) is 0 Å². The van der Waals surface area contributed by atoms with Crippen LogP contribution in [0.25, 0.3) is 11.1 Å². The summed E-state index contributed by atoms with van der Waals surface area (Å²) in [6, 6.07) is 14.6. The summed E-state index contributed by atoms with van der Waals surface area (Å²) in [4.78, 5) is 3.61. The molecular weight excluding hydrogens is 713 g/mol. The van der Waals surface area contributed by atoms with Crippen molar-refractivity contribution in [3.63, 3.8) is 0 Å². The van der Waals surface area contributed by atoms with Crippen LogP contribution in [0, 0.1) is 13.8 Å². The van der Waals surface area contributed by atoms with E-state index >= 15 is 0 Å². The first-order valence-electron chi connectivity index (χ1n) is 25.9. The first-order valence-corrected chi connectivity index (χ1v) is 25.9. The SMILES string of the molecule is CCCCCCCCCCCCCCCCCCCCCCCC(=C=[N+]=[N-])C(CCCC)=C(c1cc(C)cc(C)c1)c1cc(CCCCCC)cc(CCCCCC)c1. The van der Waals surface area contributed by atoms with Crippen molar-refractivity contribution in [3.8, 4) is 0 Å². The Balaban J connectivity index is 2.05. The molecule has 2 nitrogen and oxygen atoms in total. The molecule has 0 unspecified atom stereocenters. The van der Waals surface area contributed by atoms with Gasteiger partial charge >= 0.3 is 5.87 Å². The molecule has 2 aromatic carbocycles. The van der Waals surface area contributed by atoms with Gasteiger partial charge in [-0.3, -0.25) is 0 Å². The molecule has 0 amide bonds. The van der Waals surface area contributed by atoms with Crippen molar-refractivity contribution in [2.75, 3.05) is 0 Å². The quantitative estimate of drug-likeness (QED) is 0.0213. The van der Waals surface area contributed by atoms with Crippen LogP contribution in [0.2, 0.25) is 0 Å². The second-order valence-electron chi connectivity index (χ2n) is 18.5. The Morgan fingerprint density at radius 3 is 1.15 bits per heavy atom. The minimum atomic E-state index is 0.914. The molecule has 0 aliphatic carbocycles. The maximum atomic E-state index is 10.0. The fourth-order valence-corrected chi connectivity index (χ4v) is 9.19. The average molecular weight is 807 g/mol. The standard InChI is InChI=1S/C57H94N2/c1-7-11-15-18-19-20-21-22-23-24-25-26-27-28-29-30-31-32-33-34-37-40-53(48-59-58)56(41-14-10-4)57(54-43-49(5)42-50(6)44-54)55-46-51(38-35-16-12-8-2)45-52(47-55)39-36-17-13-9-3/h42-47H,7-41H2,1-6H3. The van der Waals surface area contributed by atoms with Gasteiger partial charge in [-0.15, -0.1) is 4.79 Å². The van der Waals surface area contributed by atoms with Crippen LogP contribution < -0.4 is 0 Å². The van der Waals surface area contributed by atoms with Gasteiger partial charge < -0.3 is 5.53 Å². The molecular formula is C57H94N2. The lowest BCUT2D eigenvalue weighted by Crippen LogP contribution is -2.03. The molecule has 0 aliphatic heterocycles. The highest BCUT2D eigenvalue weighted by Gasteiger charge is 2.20. The van der Waals surface area contributed by atoms with Gasteiger partial charge in [0.15, 0.2) is 0 Å². The summed E-state index contributed by atoms with van der Waals surface area (Å²) in [6.07, 6.45) is 46.0. The maximum absolute atomic E-state index is 10.0. The largest absolute Gasteiger partial charge is 0.348 e. The van der Waals surface area contributed by atoms with Gasteiger partial charge in [-0.2, -0.15) is 0 Å². The number of rotatable bonds is 38. The highest BCUT2D eigenvalue weighted by atomic mass is 14.8. The van der Waals surface area contributed by atoms with E-state index in [0.29, 0.717) is 0 Å². The summed E-state index contributed by atoms with van der Waals surface area (Å²) in [5.41, 5.74) is 22.0. The molecule has 332 valence electrons. The van der Waals surface area contributed by atoms with E-state index in [1.807, 2.05) is 0 Å². The number of hydrogen-bond acceptors (Lipinski definition) is 0. The molecule has 0 spiro atoms. The first-order chi connectivity index (χ1) is 29.0. The number of aryl methyl sites for hydroxylation is 4. The third kappa shape index (κ3) is 25.0. The zero-order chi connectivity index (χ0) is 42.6. The first kappa shape index (κ1) is 52.5.